The van der Waals surface area contributed by atoms with Crippen molar-refractivity contribution < 1.29 is 9.84 Å². The Hall–Kier alpha value is -1.20. The van der Waals surface area contributed by atoms with Crippen LogP contribution in [0.2, 0.25) is 5.15 Å². The van der Waals surface area contributed by atoms with E-state index in [1.807, 2.05) is 24.3 Å². The largest absolute Gasteiger partial charge is 0.395 e. The predicted molar refractivity (Wildman–Crippen MR) is 81.0 cm³/mol. The summed E-state index contributed by atoms with van der Waals surface area (Å²) in [4.78, 5) is 6.51. The Labute approximate surface area is 123 Å². The molecule has 0 spiro atoms. The van der Waals surface area contributed by atoms with Crippen LogP contribution >= 0.6 is 11.6 Å². The summed E-state index contributed by atoms with van der Waals surface area (Å²) >= 11 is 6.25. The molecule has 0 aliphatic rings. The number of hydrogen-bond donors (Lipinski definition) is 1. The summed E-state index contributed by atoms with van der Waals surface area (Å²) < 4.78 is 5.08. The van der Waals surface area contributed by atoms with Crippen molar-refractivity contribution in [2.75, 3.05) is 33.4 Å². The van der Waals surface area contributed by atoms with Crippen molar-refractivity contribution in [2.45, 2.75) is 6.54 Å². The topological polar surface area (TPSA) is 45.6 Å². The van der Waals surface area contributed by atoms with Gasteiger partial charge in [0.25, 0.3) is 0 Å². The van der Waals surface area contributed by atoms with E-state index in [2.05, 4.69) is 16.0 Å². The third-order valence-electron chi connectivity index (χ3n) is 3.17. The van der Waals surface area contributed by atoms with Crippen LogP contribution in [0.15, 0.2) is 30.3 Å². The third-order valence-corrected chi connectivity index (χ3v) is 3.50. The lowest BCUT2D eigenvalue weighted by molar-refractivity contribution is 0.127. The third kappa shape index (κ3) is 3.90. The molecular weight excluding hydrogens is 276 g/mol. The molecule has 5 heteroatoms. The van der Waals surface area contributed by atoms with E-state index in [0.717, 1.165) is 23.0 Å². The molecule has 0 aliphatic carbocycles. The quantitative estimate of drug-likeness (QED) is 0.796. The van der Waals surface area contributed by atoms with E-state index in [1.165, 1.54) is 0 Å². The number of aliphatic hydroxyl groups is 1. The molecular formula is C15H19ClN2O2. The Morgan fingerprint density at radius 3 is 2.85 bits per heavy atom. The zero-order valence-corrected chi connectivity index (χ0v) is 12.3. The average molecular weight is 295 g/mol. The van der Waals surface area contributed by atoms with Crippen LogP contribution in [0.25, 0.3) is 10.9 Å². The van der Waals surface area contributed by atoms with E-state index in [1.54, 1.807) is 7.11 Å². The Morgan fingerprint density at radius 2 is 2.10 bits per heavy atom. The number of rotatable bonds is 7. The predicted octanol–water partition coefficient (Wildman–Crippen LogP) is 2.33. The van der Waals surface area contributed by atoms with E-state index in [-0.39, 0.29) is 6.61 Å². The highest BCUT2D eigenvalue weighted by molar-refractivity contribution is 6.30. The van der Waals surface area contributed by atoms with Gasteiger partial charge in [-0.05, 0) is 12.1 Å². The number of benzene rings is 1. The molecule has 0 unspecified atom stereocenters. The molecule has 0 atom stereocenters. The van der Waals surface area contributed by atoms with Gasteiger partial charge in [0.1, 0.15) is 5.15 Å². The molecule has 2 rings (SSSR count). The number of aromatic nitrogens is 1. The van der Waals surface area contributed by atoms with Crippen molar-refractivity contribution in [2.24, 2.45) is 0 Å². The lowest BCUT2D eigenvalue weighted by Crippen LogP contribution is -2.30. The zero-order chi connectivity index (χ0) is 14.4. The summed E-state index contributed by atoms with van der Waals surface area (Å²) in [5.74, 6) is 0. The highest BCUT2D eigenvalue weighted by Crippen LogP contribution is 2.21. The molecule has 0 amide bonds. The molecule has 1 N–H and O–H groups in total. The standard InChI is InChI=1S/C15H19ClN2O2/c1-20-9-7-18(6-8-19)11-13-10-12-4-2-3-5-14(12)17-15(13)16/h2-5,10,19H,6-9,11H2,1H3. The molecule has 2 aromatic rings. The van der Waals surface area contributed by atoms with Crippen LogP contribution < -0.4 is 0 Å². The smallest absolute Gasteiger partial charge is 0.134 e. The first-order chi connectivity index (χ1) is 9.74. The highest BCUT2D eigenvalue weighted by atomic mass is 35.5. The summed E-state index contributed by atoms with van der Waals surface area (Å²) in [6.45, 7) is 2.73. The van der Waals surface area contributed by atoms with Crippen molar-refractivity contribution >= 4 is 22.5 Å². The van der Waals surface area contributed by atoms with E-state index in [9.17, 15) is 0 Å². The van der Waals surface area contributed by atoms with Gasteiger partial charge in [0, 0.05) is 37.7 Å². The number of ether oxygens (including phenoxy) is 1. The van der Waals surface area contributed by atoms with Gasteiger partial charge in [-0.3, -0.25) is 4.90 Å². The zero-order valence-electron chi connectivity index (χ0n) is 11.6. The highest BCUT2D eigenvalue weighted by Gasteiger charge is 2.10. The van der Waals surface area contributed by atoms with Gasteiger partial charge in [-0.2, -0.15) is 0 Å². The van der Waals surface area contributed by atoms with Gasteiger partial charge in [-0.1, -0.05) is 29.8 Å². The van der Waals surface area contributed by atoms with Crippen LogP contribution in [-0.4, -0.2) is 48.4 Å². The van der Waals surface area contributed by atoms with Crippen LogP contribution in [0.1, 0.15) is 5.56 Å². The number of methoxy groups -OCH3 is 1. The van der Waals surface area contributed by atoms with Crippen LogP contribution in [0.3, 0.4) is 0 Å². The monoisotopic (exact) mass is 294 g/mol. The summed E-state index contributed by atoms with van der Waals surface area (Å²) in [5.41, 5.74) is 1.86. The second kappa shape index (κ2) is 7.55. The number of fused-ring (bicyclic) bond motifs is 1. The molecule has 0 fully saturated rings. The SMILES string of the molecule is COCCN(CCO)Cc1cc2ccccc2nc1Cl. The number of nitrogens with zero attached hydrogens (tertiary/aromatic N) is 2. The van der Waals surface area contributed by atoms with Crippen LogP contribution in [0.4, 0.5) is 0 Å². The van der Waals surface area contributed by atoms with Gasteiger partial charge < -0.3 is 9.84 Å². The van der Waals surface area contributed by atoms with E-state index in [4.69, 9.17) is 21.4 Å². The Balaban J connectivity index is 2.19. The average Bonchev–Trinajstić information content (AvgIpc) is 2.45. The number of pyridine rings is 1. The van der Waals surface area contributed by atoms with E-state index in [0.29, 0.717) is 24.8 Å². The van der Waals surface area contributed by atoms with E-state index >= 15 is 0 Å². The summed E-state index contributed by atoms with van der Waals surface area (Å²) in [6, 6.07) is 9.96. The van der Waals surface area contributed by atoms with Gasteiger partial charge in [-0.15, -0.1) is 0 Å². The molecule has 0 saturated carbocycles. The molecule has 108 valence electrons. The molecule has 4 nitrogen and oxygen atoms in total. The van der Waals surface area contributed by atoms with Crippen molar-refractivity contribution in [3.63, 3.8) is 0 Å². The first kappa shape index (κ1) is 15.2. The molecule has 0 saturated heterocycles. The van der Waals surface area contributed by atoms with Crippen molar-refractivity contribution in [3.8, 4) is 0 Å². The first-order valence-corrected chi connectivity index (χ1v) is 6.98. The lowest BCUT2D eigenvalue weighted by Gasteiger charge is -2.21. The van der Waals surface area contributed by atoms with Crippen LogP contribution in [0.5, 0.6) is 0 Å². The molecule has 0 radical (unpaired) electrons. The Morgan fingerprint density at radius 1 is 1.30 bits per heavy atom. The van der Waals surface area contributed by atoms with Gasteiger partial charge in [0.05, 0.1) is 18.7 Å². The van der Waals surface area contributed by atoms with Gasteiger partial charge in [0.2, 0.25) is 0 Å². The van der Waals surface area contributed by atoms with Gasteiger partial charge in [0.15, 0.2) is 0 Å². The summed E-state index contributed by atoms with van der Waals surface area (Å²) in [5, 5.41) is 10.7. The molecule has 1 aromatic carbocycles. The minimum atomic E-state index is 0.113. The van der Waals surface area contributed by atoms with Crippen LogP contribution in [0, 0.1) is 0 Å². The molecule has 0 bridgehead atoms. The van der Waals surface area contributed by atoms with E-state index < -0.39 is 0 Å². The minimum Gasteiger partial charge on any atom is -0.395 e. The number of aliphatic hydroxyl groups excluding tert-OH is 1. The lowest BCUT2D eigenvalue weighted by atomic mass is 10.1. The number of para-hydroxylation sites is 1. The molecule has 1 aromatic heterocycles. The normalized spacial score (nSPS) is 11.4. The fourth-order valence-corrected chi connectivity index (χ4v) is 2.33. The Kier molecular flexibility index (Phi) is 5.73. The minimum absolute atomic E-state index is 0.113. The summed E-state index contributed by atoms with van der Waals surface area (Å²) in [6.07, 6.45) is 0. The van der Waals surface area contributed by atoms with Gasteiger partial charge in [-0.25, -0.2) is 4.98 Å². The second-order valence-corrected chi connectivity index (χ2v) is 4.98. The molecule has 0 aliphatic heterocycles. The molecule has 20 heavy (non-hydrogen) atoms. The molecule has 1 heterocycles. The number of hydrogen-bond acceptors (Lipinski definition) is 4. The first-order valence-electron chi connectivity index (χ1n) is 6.61. The van der Waals surface area contributed by atoms with Crippen molar-refractivity contribution in [1.29, 1.82) is 0 Å². The van der Waals surface area contributed by atoms with Crippen molar-refractivity contribution in [1.82, 2.24) is 9.88 Å². The summed E-state index contributed by atoms with van der Waals surface area (Å²) in [7, 11) is 1.67. The fourth-order valence-electron chi connectivity index (χ4n) is 2.12. The van der Waals surface area contributed by atoms with Crippen LogP contribution in [-0.2, 0) is 11.3 Å². The fraction of sp³-hybridized carbons (Fsp3) is 0.400. The maximum absolute atomic E-state index is 9.12. The maximum Gasteiger partial charge on any atom is 0.134 e. The van der Waals surface area contributed by atoms with Crippen molar-refractivity contribution in [3.05, 3.63) is 41.0 Å². The van der Waals surface area contributed by atoms with Gasteiger partial charge >= 0.3 is 0 Å². The maximum atomic E-state index is 9.12. The number of halogens is 1. The Bertz CT molecular complexity index is 563. The second-order valence-electron chi connectivity index (χ2n) is 4.62.